The first-order valence-electron chi connectivity index (χ1n) is 5.44. The van der Waals surface area contributed by atoms with Gasteiger partial charge < -0.3 is 4.74 Å². The average molecular weight is 320 g/mol. The van der Waals surface area contributed by atoms with Crippen molar-refractivity contribution in [2.45, 2.75) is 0 Å². The Balaban J connectivity index is 1.96. The molecule has 0 aliphatic heterocycles. The molecule has 19 heavy (non-hydrogen) atoms. The number of benzene rings is 2. The third-order valence-corrected chi connectivity index (χ3v) is 2.84. The fourth-order valence-corrected chi connectivity index (χ4v) is 2.05. The van der Waals surface area contributed by atoms with Crippen molar-refractivity contribution in [1.82, 2.24) is 15.2 Å². The van der Waals surface area contributed by atoms with Crippen molar-refractivity contribution in [1.29, 1.82) is 0 Å². The van der Waals surface area contributed by atoms with Crippen LogP contribution in [0, 0.1) is 5.82 Å². The maximum absolute atomic E-state index is 13.2. The van der Waals surface area contributed by atoms with Crippen molar-refractivity contribution in [3.05, 3.63) is 52.8 Å². The highest BCUT2D eigenvalue weighted by Crippen LogP contribution is 2.24. The van der Waals surface area contributed by atoms with Gasteiger partial charge in [-0.15, -0.1) is 5.10 Å². The van der Waals surface area contributed by atoms with Crippen LogP contribution in [0.2, 0.25) is 0 Å². The summed E-state index contributed by atoms with van der Waals surface area (Å²) in [6.45, 7) is 0. The van der Waals surface area contributed by atoms with Crippen LogP contribution in [0.3, 0.4) is 0 Å². The number of rotatable bonds is 2. The van der Waals surface area contributed by atoms with E-state index in [1.807, 2.05) is 12.1 Å². The molecule has 0 radical (unpaired) electrons. The van der Waals surface area contributed by atoms with Crippen molar-refractivity contribution >= 4 is 27.0 Å². The molecule has 3 aromatic rings. The fraction of sp³-hybridized carbons (Fsp3) is 0. The van der Waals surface area contributed by atoms with E-state index in [1.54, 1.807) is 18.2 Å². The van der Waals surface area contributed by atoms with Gasteiger partial charge in [0.15, 0.2) is 0 Å². The third-order valence-electron chi connectivity index (χ3n) is 2.39. The summed E-state index contributed by atoms with van der Waals surface area (Å²) in [4.78, 5) is 4.20. The maximum atomic E-state index is 13.2. The number of hydrogen-bond donors (Lipinski definition) is 0. The second-order valence-corrected chi connectivity index (χ2v) is 4.71. The fourth-order valence-electron chi connectivity index (χ4n) is 1.60. The molecule has 0 aliphatic carbocycles. The quantitative estimate of drug-likeness (QED) is 0.722. The minimum absolute atomic E-state index is 0.0798. The van der Waals surface area contributed by atoms with E-state index in [9.17, 15) is 4.39 Å². The van der Waals surface area contributed by atoms with Gasteiger partial charge in [-0.3, -0.25) is 0 Å². The summed E-state index contributed by atoms with van der Waals surface area (Å²) < 4.78 is 19.2. The Morgan fingerprint density at radius 2 is 1.79 bits per heavy atom. The topological polar surface area (TPSA) is 47.9 Å². The minimum atomic E-state index is -0.405. The van der Waals surface area contributed by atoms with Crippen LogP contribution in [0.25, 0.3) is 11.0 Å². The van der Waals surface area contributed by atoms with E-state index < -0.39 is 5.82 Å². The summed E-state index contributed by atoms with van der Waals surface area (Å²) in [6.07, 6.45) is 0. The molecule has 2 aromatic carbocycles. The van der Waals surface area contributed by atoms with E-state index in [4.69, 9.17) is 4.74 Å². The Bertz CT molecular complexity index is 731. The SMILES string of the molecule is Fc1cc(Br)cc(Oc2nnc3ccccc3n2)c1. The number of ether oxygens (including phenoxy) is 1. The first kappa shape index (κ1) is 12.0. The molecule has 0 N–H and O–H groups in total. The van der Waals surface area contributed by atoms with E-state index in [0.29, 0.717) is 21.3 Å². The molecule has 0 saturated carbocycles. The molecule has 0 unspecified atom stereocenters. The summed E-state index contributed by atoms with van der Waals surface area (Å²) in [5.74, 6) is -0.0953. The number of aromatic nitrogens is 3. The van der Waals surface area contributed by atoms with Crippen LogP contribution in [-0.4, -0.2) is 15.2 Å². The van der Waals surface area contributed by atoms with E-state index >= 15 is 0 Å². The summed E-state index contributed by atoms with van der Waals surface area (Å²) >= 11 is 3.19. The normalized spacial score (nSPS) is 10.6. The molecular formula is C13H7BrFN3O. The lowest BCUT2D eigenvalue weighted by Crippen LogP contribution is -1.95. The molecule has 0 atom stereocenters. The lowest BCUT2D eigenvalue weighted by atomic mass is 10.3. The minimum Gasteiger partial charge on any atom is -0.423 e. The van der Waals surface area contributed by atoms with Gasteiger partial charge in [-0.1, -0.05) is 33.2 Å². The van der Waals surface area contributed by atoms with Gasteiger partial charge in [0.25, 0.3) is 0 Å². The lowest BCUT2D eigenvalue weighted by molar-refractivity contribution is 0.433. The Morgan fingerprint density at radius 1 is 1.00 bits per heavy atom. The van der Waals surface area contributed by atoms with Crippen molar-refractivity contribution in [2.75, 3.05) is 0 Å². The van der Waals surface area contributed by atoms with Crippen LogP contribution < -0.4 is 4.74 Å². The van der Waals surface area contributed by atoms with Crippen molar-refractivity contribution in [3.63, 3.8) is 0 Å². The molecule has 0 aliphatic rings. The number of para-hydroxylation sites is 1. The van der Waals surface area contributed by atoms with Crippen LogP contribution in [0.15, 0.2) is 46.9 Å². The van der Waals surface area contributed by atoms with Gasteiger partial charge in [0, 0.05) is 10.5 Å². The number of halogens is 2. The molecule has 0 fully saturated rings. The number of nitrogens with zero attached hydrogens (tertiary/aromatic N) is 3. The molecule has 94 valence electrons. The average Bonchev–Trinajstić information content (AvgIpc) is 2.37. The zero-order valence-electron chi connectivity index (χ0n) is 9.55. The lowest BCUT2D eigenvalue weighted by Gasteiger charge is -2.04. The molecule has 3 rings (SSSR count). The summed E-state index contributed by atoms with van der Waals surface area (Å²) in [6, 6.07) is 11.6. The smallest absolute Gasteiger partial charge is 0.341 e. The molecule has 0 spiro atoms. The molecule has 0 saturated heterocycles. The number of hydrogen-bond acceptors (Lipinski definition) is 4. The van der Waals surface area contributed by atoms with Gasteiger partial charge in [-0.2, -0.15) is 4.98 Å². The largest absolute Gasteiger partial charge is 0.423 e. The van der Waals surface area contributed by atoms with Gasteiger partial charge >= 0.3 is 6.01 Å². The monoisotopic (exact) mass is 319 g/mol. The number of fused-ring (bicyclic) bond motifs is 1. The standard InChI is InChI=1S/C13H7BrFN3O/c14-8-5-9(15)7-10(6-8)19-13-16-11-3-1-2-4-12(11)17-18-13/h1-7H. The molecule has 1 heterocycles. The highest BCUT2D eigenvalue weighted by Gasteiger charge is 2.06. The Morgan fingerprint density at radius 3 is 2.58 bits per heavy atom. The van der Waals surface area contributed by atoms with Gasteiger partial charge in [0.1, 0.15) is 17.1 Å². The molecule has 0 bridgehead atoms. The Hall–Kier alpha value is -2.08. The highest BCUT2D eigenvalue weighted by molar-refractivity contribution is 9.10. The Labute approximate surface area is 116 Å². The maximum Gasteiger partial charge on any atom is 0.341 e. The third kappa shape index (κ3) is 2.68. The zero-order chi connectivity index (χ0) is 13.2. The van der Waals surface area contributed by atoms with Gasteiger partial charge in [0.05, 0.1) is 5.52 Å². The van der Waals surface area contributed by atoms with Crippen LogP contribution in [-0.2, 0) is 0 Å². The molecule has 6 heteroatoms. The van der Waals surface area contributed by atoms with Crippen molar-refractivity contribution < 1.29 is 9.13 Å². The van der Waals surface area contributed by atoms with Gasteiger partial charge in [-0.25, -0.2) is 4.39 Å². The Kier molecular flexibility index (Phi) is 3.08. The summed E-state index contributed by atoms with van der Waals surface area (Å²) in [5.41, 5.74) is 1.35. The second kappa shape index (κ2) is 4.89. The zero-order valence-corrected chi connectivity index (χ0v) is 11.1. The van der Waals surface area contributed by atoms with Crippen LogP contribution in [0.1, 0.15) is 0 Å². The van der Waals surface area contributed by atoms with Crippen molar-refractivity contribution in [3.8, 4) is 11.8 Å². The van der Waals surface area contributed by atoms with E-state index in [-0.39, 0.29) is 6.01 Å². The van der Waals surface area contributed by atoms with Gasteiger partial charge in [0.2, 0.25) is 0 Å². The first-order valence-corrected chi connectivity index (χ1v) is 6.23. The first-order chi connectivity index (χ1) is 9.20. The van der Waals surface area contributed by atoms with E-state index in [2.05, 4.69) is 31.1 Å². The van der Waals surface area contributed by atoms with E-state index in [0.717, 1.165) is 0 Å². The van der Waals surface area contributed by atoms with Gasteiger partial charge in [-0.05, 0) is 24.3 Å². The molecule has 1 aromatic heterocycles. The predicted molar refractivity (Wildman–Crippen MR) is 71.5 cm³/mol. The molecule has 4 nitrogen and oxygen atoms in total. The molecular weight excluding hydrogens is 313 g/mol. The summed E-state index contributed by atoms with van der Waals surface area (Å²) in [7, 11) is 0. The second-order valence-electron chi connectivity index (χ2n) is 3.79. The summed E-state index contributed by atoms with van der Waals surface area (Å²) in [5, 5.41) is 7.82. The molecule has 0 amide bonds. The van der Waals surface area contributed by atoms with Crippen LogP contribution >= 0.6 is 15.9 Å². The highest BCUT2D eigenvalue weighted by atomic mass is 79.9. The predicted octanol–water partition coefficient (Wildman–Crippen LogP) is 3.72. The van der Waals surface area contributed by atoms with E-state index in [1.165, 1.54) is 12.1 Å². The van der Waals surface area contributed by atoms with Crippen LogP contribution in [0.4, 0.5) is 4.39 Å². The van der Waals surface area contributed by atoms with Crippen LogP contribution in [0.5, 0.6) is 11.8 Å². The van der Waals surface area contributed by atoms with Crippen molar-refractivity contribution in [2.24, 2.45) is 0 Å².